The molecular formula is C17H13F3O4S. The van der Waals surface area contributed by atoms with Crippen molar-refractivity contribution in [1.82, 2.24) is 0 Å². The Bertz CT molecular complexity index is 785. The number of carbonyl (C=O) groups excluding carboxylic acids is 1. The molecule has 0 saturated carbocycles. The van der Waals surface area contributed by atoms with Gasteiger partial charge in [-0.15, -0.1) is 0 Å². The van der Waals surface area contributed by atoms with Crippen LogP contribution in [0.3, 0.4) is 0 Å². The number of ether oxygens (including phenoxy) is 1. The Morgan fingerprint density at radius 1 is 1.08 bits per heavy atom. The lowest BCUT2D eigenvalue weighted by Gasteiger charge is -2.14. The van der Waals surface area contributed by atoms with Crippen LogP contribution in [-0.2, 0) is 10.9 Å². The van der Waals surface area contributed by atoms with Crippen LogP contribution in [0.2, 0.25) is 0 Å². The SMILES string of the molecule is CCOC(=O)c1ccc(Sc2ccc(C(=O)O)cc2)c(C(F)(F)F)c1. The predicted molar refractivity (Wildman–Crippen MR) is 84.9 cm³/mol. The van der Waals surface area contributed by atoms with Crippen LogP contribution in [-0.4, -0.2) is 23.7 Å². The zero-order chi connectivity index (χ0) is 18.6. The lowest BCUT2D eigenvalue weighted by Crippen LogP contribution is -2.11. The van der Waals surface area contributed by atoms with Gasteiger partial charge in [-0.2, -0.15) is 13.2 Å². The number of aromatic carboxylic acids is 1. The largest absolute Gasteiger partial charge is 0.478 e. The van der Waals surface area contributed by atoms with Crippen molar-refractivity contribution in [2.24, 2.45) is 0 Å². The Labute approximate surface area is 145 Å². The van der Waals surface area contributed by atoms with Gasteiger partial charge in [0, 0.05) is 9.79 Å². The van der Waals surface area contributed by atoms with Gasteiger partial charge in [0.1, 0.15) is 0 Å². The van der Waals surface area contributed by atoms with E-state index in [4.69, 9.17) is 9.84 Å². The molecule has 0 spiro atoms. The molecule has 8 heteroatoms. The van der Waals surface area contributed by atoms with Gasteiger partial charge in [0.05, 0.1) is 23.3 Å². The summed E-state index contributed by atoms with van der Waals surface area (Å²) in [5.41, 5.74) is -1.09. The van der Waals surface area contributed by atoms with E-state index in [1.54, 1.807) is 6.92 Å². The number of carboxylic acids is 1. The minimum Gasteiger partial charge on any atom is -0.478 e. The van der Waals surface area contributed by atoms with E-state index in [0.717, 1.165) is 17.8 Å². The molecule has 25 heavy (non-hydrogen) atoms. The highest BCUT2D eigenvalue weighted by Crippen LogP contribution is 2.40. The number of halogens is 3. The molecule has 0 aliphatic rings. The summed E-state index contributed by atoms with van der Waals surface area (Å²) in [6.45, 7) is 1.63. The molecule has 4 nitrogen and oxygen atoms in total. The fourth-order valence-corrected chi connectivity index (χ4v) is 2.92. The molecule has 0 aliphatic heterocycles. The maximum absolute atomic E-state index is 13.3. The van der Waals surface area contributed by atoms with Crippen LogP contribution >= 0.6 is 11.8 Å². The van der Waals surface area contributed by atoms with Crippen LogP contribution in [0.4, 0.5) is 13.2 Å². The third-order valence-corrected chi connectivity index (χ3v) is 4.21. The first-order chi connectivity index (χ1) is 11.7. The molecule has 0 bridgehead atoms. The molecule has 0 aliphatic carbocycles. The van der Waals surface area contributed by atoms with Crippen molar-refractivity contribution in [2.45, 2.75) is 22.9 Å². The fourth-order valence-electron chi connectivity index (χ4n) is 1.97. The number of esters is 1. The maximum atomic E-state index is 13.3. The standard InChI is InChI=1S/C17H13F3O4S/c1-2-24-16(23)11-5-8-14(13(9-11)17(18,19)20)25-12-6-3-10(4-7-12)15(21)22/h3-9H,2H2,1H3,(H,21,22). The van der Waals surface area contributed by atoms with Gasteiger partial charge < -0.3 is 9.84 Å². The van der Waals surface area contributed by atoms with Crippen molar-refractivity contribution in [1.29, 1.82) is 0 Å². The molecule has 0 saturated heterocycles. The minimum absolute atomic E-state index is 0.0399. The predicted octanol–water partition coefficient (Wildman–Crippen LogP) is 4.73. The number of alkyl halides is 3. The van der Waals surface area contributed by atoms with Crippen molar-refractivity contribution in [2.75, 3.05) is 6.61 Å². The molecule has 2 aromatic rings. The summed E-state index contributed by atoms with van der Waals surface area (Å²) in [5, 5.41) is 8.84. The number of rotatable bonds is 5. The van der Waals surface area contributed by atoms with E-state index in [2.05, 4.69) is 0 Å². The summed E-state index contributed by atoms with van der Waals surface area (Å²) in [6, 6.07) is 8.69. The van der Waals surface area contributed by atoms with E-state index in [1.807, 2.05) is 0 Å². The Hall–Kier alpha value is -2.48. The van der Waals surface area contributed by atoms with Crippen LogP contribution in [0.1, 0.15) is 33.2 Å². The van der Waals surface area contributed by atoms with Crippen LogP contribution in [0, 0.1) is 0 Å². The number of benzene rings is 2. The molecule has 2 aromatic carbocycles. The van der Waals surface area contributed by atoms with Crippen molar-refractivity contribution in [3.8, 4) is 0 Å². The van der Waals surface area contributed by atoms with E-state index in [-0.39, 0.29) is 22.6 Å². The van der Waals surface area contributed by atoms with Crippen molar-refractivity contribution >= 4 is 23.7 Å². The highest BCUT2D eigenvalue weighted by atomic mass is 32.2. The zero-order valence-corrected chi connectivity index (χ0v) is 13.8. The number of carbonyl (C=O) groups is 2. The van der Waals surface area contributed by atoms with Gasteiger partial charge in [-0.1, -0.05) is 11.8 Å². The Balaban J connectivity index is 2.36. The lowest BCUT2D eigenvalue weighted by molar-refractivity contribution is -0.139. The van der Waals surface area contributed by atoms with Gasteiger partial charge >= 0.3 is 18.1 Å². The van der Waals surface area contributed by atoms with Gasteiger partial charge in [-0.25, -0.2) is 9.59 Å². The Morgan fingerprint density at radius 2 is 1.68 bits per heavy atom. The highest BCUT2D eigenvalue weighted by Gasteiger charge is 2.34. The van der Waals surface area contributed by atoms with Crippen LogP contribution < -0.4 is 0 Å². The quantitative estimate of drug-likeness (QED) is 0.771. The minimum atomic E-state index is -4.65. The van der Waals surface area contributed by atoms with Crippen LogP contribution in [0.5, 0.6) is 0 Å². The van der Waals surface area contributed by atoms with E-state index in [0.29, 0.717) is 4.90 Å². The normalized spacial score (nSPS) is 11.2. The van der Waals surface area contributed by atoms with Crippen molar-refractivity contribution in [3.63, 3.8) is 0 Å². The summed E-state index contributed by atoms with van der Waals surface area (Å²) in [7, 11) is 0. The second-order valence-corrected chi connectivity index (χ2v) is 5.98. The molecule has 0 fully saturated rings. The van der Waals surface area contributed by atoms with Gasteiger partial charge in [0.25, 0.3) is 0 Å². The van der Waals surface area contributed by atoms with Gasteiger partial charge in [-0.05, 0) is 49.4 Å². The third-order valence-electron chi connectivity index (χ3n) is 3.13. The molecule has 132 valence electrons. The smallest absolute Gasteiger partial charge is 0.417 e. The highest BCUT2D eigenvalue weighted by molar-refractivity contribution is 7.99. The molecule has 0 atom stereocenters. The van der Waals surface area contributed by atoms with E-state index in [9.17, 15) is 22.8 Å². The fraction of sp³-hybridized carbons (Fsp3) is 0.176. The number of hydrogen-bond donors (Lipinski definition) is 1. The molecule has 1 N–H and O–H groups in total. The number of carboxylic acid groups (broad SMARTS) is 1. The topological polar surface area (TPSA) is 63.6 Å². The van der Waals surface area contributed by atoms with Crippen LogP contribution in [0.15, 0.2) is 52.3 Å². The van der Waals surface area contributed by atoms with E-state index >= 15 is 0 Å². The Morgan fingerprint density at radius 3 is 2.20 bits per heavy atom. The first-order valence-corrected chi connectivity index (χ1v) is 7.93. The second-order valence-electron chi connectivity index (χ2n) is 4.86. The maximum Gasteiger partial charge on any atom is 0.417 e. The average Bonchev–Trinajstić information content (AvgIpc) is 2.55. The molecule has 0 radical (unpaired) electrons. The molecule has 0 unspecified atom stereocenters. The average molecular weight is 370 g/mol. The summed E-state index contributed by atoms with van der Waals surface area (Å²) in [4.78, 5) is 22.8. The van der Waals surface area contributed by atoms with Gasteiger partial charge in [0.15, 0.2) is 0 Å². The summed E-state index contributed by atoms with van der Waals surface area (Å²) in [5.74, 6) is -1.94. The second kappa shape index (κ2) is 7.60. The molecule has 0 aromatic heterocycles. The third kappa shape index (κ3) is 4.76. The number of hydrogen-bond acceptors (Lipinski definition) is 4. The first kappa shape index (κ1) is 18.9. The van der Waals surface area contributed by atoms with Crippen molar-refractivity contribution < 1.29 is 32.6 Å². The summed E-state index contributed by atoms with van der Waals surface area (Å²) in [6.07, 6.45) is -4.65. The van der Waals surface area contributed by atoms with E-state index < -0.39 is 23.7 Å². The first-order valence-electron chi connectivity index (χ1n) is 7.12. The Kier molecular flexibility index (Phi) is 5.73. The molecule has 0 amide bonds. The molecular weight excluding hydrogens is 357 g/mol. The van der Waals surface area contributed by atoms with Gasteiger partial charge in [0.2, 0.25) is 0 Å². The lowest BCUT2D eigenvalue weighted by atomic mass is 10.1. The molecule has 2 rings (SSSR count). The monoisotopic (exact) mass is 370 g/mol. The van der Waals surface area contributed by atoms with Crippen molar-refractivity contribution in [3.05, 3.63) is 59.2 Å². The summed E-state index contributed by atoms with van der Waals surface area (Å²) >= 11 is 0.830. The van der Waals surface area contributed by atoms with E-state index in [1.165, 1.54) is 36.4 Å². The summed E-state index contributed by atoms with van der Waals surface area (Å²) < 4.78 is 44.6. The van der Waals surface area contributed by atoms with Crippen LogP contribution in [0.25, 0.3) is 0 Å². The van der Waals surface area contributed by atoms with Gasteiger partial charge in [-0.3, -0.25) is 0 Å². The molecule has 0 heterocycles. The zero-order valence-electron chi connectivity index (χ0n) is 13.0.